The van der Waals surface area contributed by atoms with Gasteiger partial charge in [0.25, 0.3) is 0 Å². The average molecular weight is 417 g/mol. The number of methoxy groups -OCH3 is 1. The predicted octanol–water partition coefficient (Wildman–Crippen LogP) is 2.76. The number of sulfonamides is 1. The van der Waals surface area contributed by atoms with Crippen LogP contribution in [0.2, 0.25) is 0 Å². The van der Waals surface area contributed by atoms with E-state index in [4.69, 9.17) is 4.74 Å². The van der Waals surface area contributed by atoms with Crippen molar-refractivity contribution in [3.8, 4) is 5.75 Å². The van der Waals surface area contributed by atoms with Crippen molar-refractivity contribution in [2.24, 2.45) is 5.92 Å². The lowest BCUT2D eigenvalue weighted by atomic mass is 9.99. The average Bonchev–Trinajstić information content (AvgIpc) is 2.74. The highest BCUT2D eigenvalue weighted by Gasteiger charge is 2.33. The van der Waals surface area contributed by atoms with Gasteiger partial charge in [-0.2, -0.15) is 4.31 Å². The van der Waals surface area contributed by atoms with Crippen molar-refractivity contribution in [1.82, 2.24) is 9.62 Å². The molecule has 1 amide bonds. The van der Waals surface area contributed by atoms with Gasteiger partial charge in [0.1, 0.15) is 5.75 Å². The number of piperidine rings is 1. The minimum atomic E-state index is -3.64. The highest BCUT2D eigenvalue weighted by Crippen LogP contribution is 2.27. The summed E-state index contributed by atoms with van der Waals surface area (Å²) in [5.74, 6) is 0.249. The van der Waals surface area contributed by atoms with Crippen LogP contribution in [0.5, 0.6) is 5.75 Å². The van der Waals surface area contributed by atoms with Crippen LogP contribution in [0.1, 0.15) is 24.0 Å². The topological polar surface area (TPSA) is 75.7 Å². The SMILES string of the molecule is COc1ccc(S(=O)(=O)N2CCC[C@@H](C(=O)NCCc3ccccc3)C2)cc1C. The van der Waals surface area contributed by atoms with Gasteiger partial charge in [-0.15, -0.1) is 0 Å². The Morgan fingerprint density at radius 2 is 1.97 bits per heavy atom. The molecule has 156 valence electrons. The number of carbonyl (C=O) groups excluding carboxylic acids is 1. The Kier molecular flexibility index (Phi) is 6.92. The number of amides is 1. The number of aryl methyl sites for hydroxylation is 1. The van der Waals surface area contributed by atoms with E-state index in [-0.39, 0.29) is 23.3 Å². The minimum Gasteiger partial charge on any atom is -0.496 e. The van der Waals surface area contributed by atoms with Crippen molar-refractivity contribution in [3.63, 3.8) is 0 Å². The van der Waals surface area contributed by atoms with E-state index in [1.165, 1.54) is 4.31 Å². The first-order valence-corrected chi connectivity index (χ1v) is 11.3. The van der Waals surface area contributed by atoms with Crippen LogP contribution in [0.25, 0.3) is 0 Å². The van der Waals surface area contributed by atoms with Crippen molar-refractivity contribution in [2.45, 2.75) is 31.1 Å². The number of nitrogens with one attached hydrogen (secondary N) is 1. The summed E-state index contributed by atoms with van der Waals surface area (Å²) in [6.45, 7) is 3.01. The summed E-state index contributed by atoms with van der Waals surface area (Å²) in [5, 5.41) is 2.96. The molecule has 1 aliphatic rings. The number of benzene rings is 2. The second kappa shape index (κ2) is 9.41. The molecule has 0 saturated carbocycles. The Balaban J connectivity index is 1.61. The molecule has 3 rings (SSSR count). The van der Waals surface area contributed by atoms with E-state index in [1.54, 1.807) is 25.3 Å². The van der Waals surface area contributed by atoms with Gasteiger partial charge in [0, 0.05) is 19.6 Å². The summed E-state index contributed by atoms with van der Waals surface area (Å²) in [4.78, 5) is 12.8. The lowest BCUT2D eigenvalue weighted by Crippen LogP contribution is -2.45. The number of carbonyl (C=O) groups is 1. The molecule has 0 radical (unpaired) electrons. The molecule has 0 unspecified atom stereocenters. The molecule has 2 aromatic carbocycles. The van der Waals surface area contributed by atoms with Crippen LogP contribution in [-0.2, 0) is 21.2 Å². The van der Waals surface area contributed by atoms with Crippen LogP contribution in [-0.4, -0.2) is 45.4 Å². The van der Waals surface area contributed by atoms with Gasteiger partial charge in [0.15, 0.2) is 0 Å². The molecule has 1 atom stereocenters. The van der Waals surface area contributed by atoms with E-state index in [2.05, 4.69) is 5.32 Å². The molecule has 0 aliphatic carbocycles. The van der Waals surface area contributed by atoms with E-state index in [9.17, 15) is 13.2 Å². The Morgan fingerprint density at radius 1 is 1.21 bits per heavy atom. The number of nitrogens with zero attached hydrogens (tertiary/aromatic N) is 1. The van der Waals surface area contributed by atoms with Crippen molar-refractivity contribution >= 4 is 15.9 Å². The van der Waals surface area contributed by atoms with E-state index in [0.29, 0.717) is 31.7 Å². The maximum atomic E-state index is 13.1. The smallest absolute Gasteiger partial charge is 0.243 e. The van der Waals surface area contributed by atoms with Gasteiger partial charge in [0.05, 0.1) is 17.9 Å². The van der Waals surface area contributed by atoms with Gasteiger partial charge in [-0.1, -0.05) is 30.3 Å². The molecule has 1 heterocycles. The highest BCUT2D eigenvalue weighted by molar-refractivity contribution is 7.89. The van der Waals surface area contributed by atoms with Crippen molar-refractivity contribution < 1.29 is 17.9 Å². The Hall–Kier alpha value is -2.38. The molecular formula is C22H28N2O4S. The molecule has 0 bridgehead atoms. The molecule has 1 N–H and O–H groups in total. The van der Waals surface area contributed by atoms with Gasteiger partial charge < -0.3 is 10.1 Å². The van der Waals surface area contributed by atoms with Crippen LogP contribution in [0.3, 0.4) is 0 Å². The van der Waals surface area contributed by atoms with Crippen molar-refractivity contribution in [2.75, 3.05) is 26.7 Å². The van der Waals surface area contributed by atoms with E-state index >= 15 is 0 Å². The Labute approximate surface area is 172 Å². The first kappa shape index (κ1) is 21.3. The van der Waals surface area contributed by atoms with E-state index in [0.717, 1.165) is 17.5 Å². The molecule has 6 nitrogen and oxygen atoms in total. The number of hydrogen-bond donors (Lipinski definition) is 1. The third-order valence-electron chi connectivity index (χ3n) is 5.31. The van der Waals surface area contributed by atoms with Crippen molar-refractivity contribution in [1.29, 1.82) is 0 Å². The summed E-state index contributed by atoms with van der Waals surface area (Å²) in [5.41, 5.74) is 1.93. The first-order chi connectivity index (χ1) is 13.9. The molecule has 2 aromatic rings. The fourth-order valence-corrected chi connectivity index (χ4v) is 5.26. The highest BCUT2D eigenvalue weighted by atomic mass is 32.2. The maximum Gasteiger partial charge on any atom is 0.243 e. The molecule has 0 spiro atoms. The molecule has 1 aliphatic heterocycles. The van der Waals surface area contributed by atoms with Gasteiger partial charge in [-0.25, -0.2) is 8.42 Å². The number of rotatable bonds is 7. The normalized spacial score (nSPS) is 17.7. The monoisotopic (exact) mass is 416 g/mol. The second-order valence-electron chi connectivity index (χ2n) is 7.36. The zero-order valence-electron chi connectivity index (χ0n) is 16.9. The zero-order valence-corrected chi connectivity index (χ0v) is 17.7. The third kappa shape index (κ3) is 5.16. The minimum absolute atomic E-state index is 0.0771. The lowest BCUT2D eigenvalue weighted by Gasteiger charge is -2.31. The first-order valence-electron chi connectivity index (χ1n) is 9.88. The summed E-state index contributed by atoms with van der Waals surface area (Å²) in [6.07, 6.45) is 2.13. The maximum absolute atomic E-state index is 13.1. The summed E-state index contributed by atoms with van der Waals surface area (Å²) in [6, 6.07) is 14.8. The Morgan fingerprint density at radius 3 is 2.66 bits per heavy atom. The summed E-state index contributed by atoms with van der Waals surface area (Å²) < 4.78 is 32.8. The van der Waals surface area contributed by atoms with Crippen LogP contribution in [0, 0.1) is 12.8 Å². The predicted molar refractivity (Wildman–Crippen MR) is 112 cm³/mol. The number of hydrogen-bond acceptors (Lipinski definition) is 4. The van der Waals surface area contributed by atoms with Crippen LogP contribution < -0.4 is 10.1 Å². The second-order valence-corrected chi connectivity index (χ2v) is 9.30. The molecule has 7 heteroatoms. The quantitative estimate of drug-likeness (QED) is 0.753. The fourth-order valence-electron chi connectivity index (χ4n) is 3.65. The standard InChI is InChI=1S/C22H28N2O4S/c1-17-15-20(10-11-21(17)28-2)29(26,27)24-14-6-9-19(16-24)22(25)23-13-12-18-7-4-3-5-8-18/h3-5,7-8,10-11,15,19H,6,9,12-14,16H2,1-2H3,(H,23,25)/t19-/m1/s1. The van der Waals surface area contributed by atoms with Crippen molar-refractivity contribution in [3.05, 3.63) is 59.7 Å². The molecule has 1 saturated heterocycles. The van der Waals surface area contributed by atoms with Crippen LogP contribution >= 0.6 is 0 Å². The van der Waals surface area contributed by atoms with E-state index < -0.39 is 10.0 Å². The third-order valence-corrected chi connectivity index (χ3v) is 7.18. The van der Waals surface area contributed by atoms with Gasteiger partial charge >= 0.3 is 0 Å². The fraction of sp³-hybridized carbons (Fsp3) is 0.409. The molecule has 29 heavy (non-hydrogen) atoms. The van der Waals surface area contributed by atoms with Gasteiger partial charge in [-0.05, 0) is 55.5 Å². The van der Waals surface area contributed by atoms with E-state index in [1.807, 2.05) is 37.3 Å². The van der Waals surface area contributed by atoms with Crippen LogP contribution in [0.4, 0.5) is 0 Å². The largest absolute Gasteiger partial charge is 0.496 e. The number of ether oxygens (including phenoxy) is 1. The summed E-state index contributed by atoms with van der Waals surface area (Å²) >= 11 is 0. The molecule has 1 fully saturated rings. The van der Waals surface area contributed by atoms with Crippen LogP contribution in [0.15, 0.2) is 53.4 Å². The van der Waals surface area contributed by atoms with Gasteiger partial charge in [0.2, 0.25) is 15.9 Å². The Bertz CT molecular complexity index is 945. The zero-order chi connectivity index (χ0) is 20.9. The summed E-state index contributed by atoms with van der Waals surface area (Å²) in [7, 11) is -2.08. The van der Waals surface area contributed by atoms with Gasteiger partial charge in [-0.3, -0.25) is 4.79 Å². The lowest BCUT2D eigenvalue weighted by molar-refractivity contribution is -0.126. The molecule has 0 aromatic heterocycles. The molecular weight excluding hydrogens is 388 g/mol.